The van der Waals surface area contributed by atoms with Crippen LogP contribution in [0, 0.1) is 11.8 Å². The Labute approximate surface area is 144 Å². The molecule has 0 aliphatic carbocycles. The lowest BCUT2D eigenvalue weighted by Crippen LogP contribution is -2.54. The number of nitrogens with one attached hydrogen (secondary N) is 1. The lowest BCUT2D eigenvalue weighted by molar-refractivity contribution is -0.143. The Kier molecular flexibility index (Phi) is 7.30. The van der Waals surface area contributed by atoms with Crippen molar-refractivity contribution in [2.45, 2.75) is 52.0 Å². The van der Waals surface area contributed by atoms with Gasteiger partial charge in [0.2, 0.25) is 5.91 Å². The first kappa shape index (κ1) is 19.0. The van der Waals surface area contributed by atoms with Crippen molar-refractivity contribution in [3.8, 4) is 0 Å². The van der Waals surface area contributed by atoms with E-state index in [1.807, 2.05) is 18.7 Å². The van der Waals surface area contributed by atoms with Crippen LogP contribution in [0.1, 0.15) is 46.0 Å². The number of aliphatic hydroxyl groups excluding tert-OH is 1. The number of rotatable bonds is 5. The summed E-state index contributed by atoms with van der Waals surface area (Å²) in [7, 11) is 0. The highest BCUT2D eigenvalue weighted by molar-refractivity contribution is 5.87. The Morgan fingerprint density at radius 1 is 1.21 bits per heavy atom. The van der Waals surface area contributed by atoms with Gasteiger partial charge in [0.15, 0.2) is 0 Å². The molecular formula is C17H31N3O4. The van der Waals surface area contributed by atoms with Crippen molar-refractivity contribution in [2.75, 3.05) is 32.8 Å². The number of likely N-dealkylation sites (tertiary alicyclic amines) is 1. The summed E-state index contributed by atoms with van der Waals surface area (Å²) in [6.45, 7) is 6.68. The predicted molar refractivity (Wildman–Crippen MR) is 90.1 cm³/mol. The van der Waals surface area contributed by atoms with Crippen LogP contribution >= 0.6 is 0 Å². The minimum Gasteiger partial charge on any atom is -0.396 e. The van der Waals surface area contributed by atoms with E-state index in [1.165, 1.54) is 5.06 Å². The third-order valence-corrected chi connectivity index (χ3v) is 4.72. The molecule has 0 radical (unpaired) electrons. The molecule has 0 aromatic heterocycles. The number of hydroxylamine groups is 2. The van der Waals surface area contributed by atoms with Crippen molar-refractivity contribution in [3.05, 3.63) is 0 Å². The normalized spacial score (nSPS) is 21.0. The first-order valence-electron chi connectivity index (χ1n) is 9.11. The van der Waals surface area contributed by atoms with Crippen LogP contribution in [0.15, 0.2) is 0 Å². The molecule has 2 aliphatic heterocycles. The van der Waals surface area contributed by atoms with Gasteiger partial charge in [-0.1, -0.05) is 13.8 Å². The fraction of sp³-hybridized carbons (Fsp3) is 0.882. The van der Waals surface area contributed by atoms with E-state index in [0.29, 0.717) is 38.6 Å². The largest absolute Gasteiger partial charge is 0.396 e. The van der Waals surface area contributed by atoms with Gasteiger partial charge in [0.1, 0.15) is 6.04 Å². The number of aliphatic hydroxyl groups is 1. The van der Waals surface area contributed by atoms with Crippen LogP contribution in [0.25, 0.3) is 0 Å². The molecule has 2 fully saturated rings. The van der Waals surface area contributed by atoms with Gasteiger partial charge < -0.3 is 15.3 Å². The Morgan fingerprint density at radius 3 is 2.46 bits per heavy atom. The van der Waals surface area contributed by atoms with Gasteiger partial charge >= 0.3 is 6.03 Å². The van der Waals surface area contributed by atoms with Gasteiger partial charge in [-0.3, -0.25) is 9.63 Å². The van der Waals surface area contributed by atoms with Crippen LogP contribution in [-0.4, -0.2) is 65.9 Å². The van der Waals surface area contributed by atoms with E-state index in [4.69, 9.17) is 4.84 Å². The molecule has 0 aromatic carbocycles. The fourth-order valence-corrected chi connectivity index (χ4v) is 3.23. The standard InChI is InChI=1S/C17H31N3O4/c1-13(2)11-15(18-17(23)20-7-3-4-10-24-20)16(22)19-8-5-14(12-21)6-9-19/h13-15,21H,3-12H2,1-2H3,(H,18,23)/t15-/m1/s1. The maximum absolute atomic E-state index is 12.8. The summed E-state index contributed by atoms with van der Waals surface area (Å²) in [5.41, 5.74) is 0. The van der Waals surface area contributed by atoms with Gasteiger partial charge in [0.05, 0.1) is 13.2 Å². The molecule has 1 atom stereocenters. The number of nitrogens with zero attached hydrogens (tertiary/aromatic N) is 2. The number of carbonyl (C=O) groups is 2. The topological polar surface area (TPSA) is 82.1 Å². The molecule has 2 aliphatic rings. The van der Waals surface area contributed by atoms with Crippen LogP contribution in [-0.2, 0) is 9.63 Å². The maximum Gasteiger partial charge on any atom is 0.341 e. The highest BCUT2D eigenvalue weighted by Gasteiger charge is 2.31. The summed E-state index contributed by atoms with van der Waals surface area (Å²) in [4.78, 5) is 32.4. The zero-order chi connectivity index (χ0) is 17.5. The van der Waals surface area contributed by atoms with Crippen molar-refractivity contribution in [3.63, 3.8) is 0 Å². The van der Waals surface area contributed by atoms with Gasteiger partial charge in [0, 0.05) is 19.7 Å². The molecule has 2 N–H and O–H groups in total. The van der Waals surface area contributed by atoms with E-state index in [1.54, 1.807) is 0 Å². The third-order valence-electron chi connectivity index (χ3n) is 4.72. The minimum atomic E-state index is -0.520. The zero-order valence-corrected chi connectivity index (χ0v) is 14.9. The molecule has 2 saturated heterocycles. The van der Waals surface area contributed by atoms with E-state index >= 15 is 0 Å². The Hall–Kier alpha value is -1.34. The quantitative estimate of drug-likeness (QED) is 0.791. The van der Waals surface area contributed by atoms with Crippen molar-refractivity contribution < 1.29 is 19.5 Å². The van der Waals surface area contributed by atoms with E-state index in [-0.39, 0.29) is 24.5 Å². The zero-order valence-electron chi connectivity index (χ0n) is 14.9. The van der Waals surface area contributed by atoms with Crippen molar-refractivity contribution in [1.82, 2.24) is 15.3 Å². The van der Waals surface area contributed by atoms with Crippen LogP contribution in [0.2, 0.25) is 0 Å². The van der Waals surface area contributed by atoms with E-state index in [0.717, 1.165) is 25.7 Å². The number of amides is 3. The number of piperidine rings is 1. The summed E-state index contributed by atoms with van der Waals surface area (Å²) >= 11 is 0. The van der Waals surface area contributed by atoms with Gasteiger partial charge in [-0.2, -0.15) is 0 Å². The monoisotopic (exact) mass is 341 g/mol. The lowest BCUT2D eigenvalue weighted by atomic mass is 9.96. The van der Waals surface area contributed by atoms with Gasteiger partial charge in [-0.15, -0.1) is 0 Å². The van der Waals surface area contributed by atoms with Crippen LogP contribution in [0.3, 0.4) is 0 Å². The van der Waals surface area contributed by atoms with E-state index in [2.05, 4.69) is 5.32 Å². The SMILES string of the molecule is CC(C)C[C@@H](NC(=O)N1CCCCO1)C(=O)N1CCC(CO)CC1. The molecule has 7 heteroatoms. The van der Waals surface area contributed by atoms with Gasteiger partial charge in [0.25, 0.3) is 0 Å². The average Bonchev–Trinajstić information content (AvgIpc) is 2.61. The number of hydrogen-bond acceptors (Lipinski definition) is 4. The van der Waals surface area contributed by atoms with Crippen molar-refractivity contribution in [1.29, 1.82) is 0 Å². The molecule has 0 saturated carbocycles. The first-order valence-corrected chi connectivity index (χ1v) is 9.11. The Bertz CT molecular complexity index is 416. The summed E-state index contributed by atoms with van der Waals surface area (Å²) in [5, 5.41) is 13.4. The van der Waals surface area contributed by atoms with Crippen molar-refractivity contribution in [2.24, 2.45) is 11.8 Å². The highest BCUT2D eigenvalue weighted by atomic mass is 16.7. The molecule has 3 amide bonds. The average molecular weight is 341 g/mol. The van der Waals surface area contributed by atoms with E-state index < -0.39 is 6.04 Å². The molecule has 0 unspecified atom stereocenters. The summed E-state index contributed by atoms with van der Waals surface area (Å²) in [6.07, 6.45) is 4.13. The van der Waals surface area contributed by atoms with Gasteiger partial charge in [-0.05, 0) is 43.9 Å². The van der Waals surface area contributed by atoms with Gasteiger partial charge in [-0.25, -0.2) is 9.86 Å². The molecule has 24 heavy (non-hydrogen) atoms. The molecule has 2 rings (SSSR count). The fourth-order valence-electron chi connectivity index (χ4n) is 3.23. The number of carbonyl (C=O) groups excluding carboxylic acids is 2. The highest BCUT2D eigenvalue weighted by Crippen LogP contribution is 2.19. The predicted octanol–water partition coefficient (Wildman–Crippen LogP) is 1.37. The number of urea groups is 1. The van der Waals surface area contributed by atoms with E-state index in [9.17, 15) is 14.7 Å². The smallest absolute Gasteiger partial charge is 0.341 e. The molecule has 0 bridgehead atoms. The second-order valence-electron chi connectivity index (χ2n) is 7.23. The maximum atomic E-state index is 12.8. The number of hydrogen-bond donors (Lipinski definition) is 2. The van der Waals surface area contributed by atoms with Crippen LogP contribution < -0.4 is 5.32 Å². The second-order valence-corrected chi connectivity index (χ2v) is 7.23. The summed E-state index contributed by atoms with van der Waals surface area (Å²) in [6, 6.07) is -0.840. The third kappa shape index (κ3) is 5.34. The van der Waals surface area contributed by atoms with Crippen LogP contribution in [0.4, 0.5) is 4.79 Å². The minimum absolute atomic E-state index is 0.0227. The van der Waals surface area contributed by atoms with Crippen molar-refractivity contribution >= 4 is 11.9 Å². The molecule has 0 aromatic rings. The molecular weight excluding hydrogens is 310 g/mol. The lowest BCUT2D eigenvalue weighted by Gasteiger charge is -2.35. The molecule has 138 valence electrons. The summed E-state index contributed by atoms with van der Waals surface area (Å²) in [5.74, 6) is 0.566. The van der Waals surface area contributed by atoms with Crippen LogP contribution in [0.5, 0.6) is 0 Å². The Morgan fingerprint density at radius 2 is 1.92 bits per heavy atom. The summed E-state index contributed by atoms with van der Waals surface area (Å²) < 4.78 is 0. The molecule has 0 spiro atoms. The Balaban J connectivity index is 1.93. The molecule has 2 heterocycles. The second kappa shape index (κ2) is 9.22. The molecule has 7 nitrogen and oxygen atoms in total. The first-order chi connectivity index (χ1) is 11.5.